The van der Waals surface area contributed by atoms with E-state index in [0.29, 0.717) is 15.9 Å². The topological polar surface area (TPSA) is 78.0 Å². The second kappa shape index (κ2) is 6.68. The summed E-state index contributed by atoms with van der Waals surface area (Å²) >= 11 is 2.91. The molecule has 0 saturated heterocycles. The van der Waals surface area contributed by atoms with E-state index in [1.54, 1.807) is 10.5 Å². The van der Waals surface area contributed by atoms with Crippen molar-refractivity contribution < 1.29 is 0 Å². The molecule has 0 aliphatic heterocycles. The van der Waals surface area contributed by atoms with Crippen LogP contribution in [0.3, 0.4) is 0 Å². The number of thiazole rings is 1. The normalized spacial score (nSPS) is 11.8. The Hall–Kier alpha value is -2.78. The summed E-state index contributed by atoms with van der Waals surface area (Å²) < 4.78 is 3.77. The van der Waals surface area contributed by atoms with Crippen LogP contribution in [0.4, 0.5) is 0 Å². The first kappa shape index (κ1) is 17.3. The van der Waals surface area contributed by atoms with Gasteiger partial charge in [0.1, 0.15) is 5.52 Å². The van der Waals surface area contributed by atoms with Gasteiger partial charge in [-0.05, 0) is 19.9 Å². The van der Waals surface area contributed by atoms with Crippen LogP contribution in [0.25, 0.3) is 27.0 Å². The Balaban J connectivity index is 1.50. The van der Waals surface area contributed by atoms with E-state index in [4.69, 9.17) is 4.98 Å². The molecule has 4 heterocycles. The fourth-order valence-corrected chi connectivity index (χ4v) is 4.95. The van der Waals surface area contributed by atoms with Crippen molar-refractivity contribution in [3.05, 3.63) is 57.5 Å². The van der Waals surface area contributed by atoms with Crippen molar-refractivity contribution in [2.24, 2.45) is 0 Å². The van der Waals surface area contributed by atoms with E-state index in [1.807, 2.05) is 30.5 Å². The molecule has 9 heteroatoms. The first-order chi connectivity index (χ1) is 13.7. The van der Waals surface area contributed by atoms with Crippen LogP contribution in [0, 0.1) is 6.92 Å². The van der Waals surface area contributed by atoms with Gasteiger partial charge in [-0.2, -0.15) is 0 Å². The molecular weight excluding hydrogens is 392 g/mol. The van der Waals surface area contributed by atoms with Crippen molar-refractivity contribution in [1.82, 2.24) is 29.1 Å². The molecule has 0 N–H and O–H groups in total. The Morgan fingerprint density at radius 2 is 2.04 bits per heavy atom. The van der Waals surface area contributed by atoms with Crippen molar-refractivity contribution in [2.75, 3.05) is 0 Å². The standard InChI is InChI=1S/C19H16N6OS2/c1-3-24-14-7-5-4-6-13(14)16-17(24)21-18(23-22-16)27-10-12-8-15(26)25-11(2)9-28-19(25)20-12/h4-9H,3,10H2,1-2H3. The average Bonchev–Trinajstić information content (AvgIpc) is 3.24. The van der Waals surface area contributed by atoms with Crippen LogP contribution in [-0.4, -0.2) is 29.1 Å². The Labute approximate surface area is 168 Å². The van der Waals surface area contributed by atoms with Gasteiger partial charge in [0.2, 0.25) is 5.16 Å². The summed E-state index contributed by atoms with van der Waals surface area (Å²) in [5.74, 6) is 0.516. The number of para-hydroxylation sites is 1. The van der Waals surface area contributed by atoms with Crippen LogP contribution in [0.15, 0.2) is 45.7 Å². The van der Waals surface area contributed by atoms with Gasteiger partial charge in [-0.3, -0.25) is 9.20 Å². The molecule has 0 amide bonds. The number of rotatable bonds is 4. The lowest BCUT2D eigenvalue weighted by Crippen LogP contribution is -2.14. The van der Waals surface area contributed by atoms with Gasteiger partial charge in [-0.15, -0.1) is 21.5 Å². The number of hydrogen-bond donors (Lipinski definition) is 0. The summed E-state index contributed by atoms with van der Waals surface area (Å²) in [5.41, 5.74) is 4.32. The van der Waals surface area contributed by atoms with Gasteiger partial charge < -0.3 is 4.57 Å². The van der Waals surface area contributed by atoms with Gasteiger partial charge in [0.05, 0.1) is 11.2 Å². The predicted octanol–water partition coefficient (Wildman–Crippen LogP) is 3.67. The van der Waals surface area contributed by atoms with E-state index in [0.717, 1.165) is 40.0 Å². The molecule has 0 spiro atoms. The number of fused-ring (bicyclic) bond motifs is 4. The molecule has 0 unspecified atom stereocenters. The summed E-state index contributed by atoms with van der Waals surface area (Å²) in [6.45, 7) is 4.80. The van der Waals surface area contributed by atoms with E-state index in [9.17, 15) is 4.79 Å². The zero-order chi connectivity index (χ0) is 19.3. The quantitative estimate of drug-likeness (QED) is 0.422. The highest BCUT2D eigenvalue weighted by Gasteiger charge is 2.14. The van der Waals surface area contributed by atoms with Crippen LogP contribution >= 0.6 is 23.1 Å². The lowest BCUT2D eigenvalue weighted by atomic mass is 10.2. The van der Waals surface area contributed by atoms with Gasteiger partial charge in [0.25, 0.3) is 5.56 Å². The van der Waals surface area contributed by atoms with Crippen molar-refractivity contribution in [1.29, 1.82) is 0 Å². The summed E-state index contributed by atoms with van der Waals surface area (Å²) in [4.78, 5) is 22.3. The molecule has 7 nitrogen and oxygen atoms in total. The molecule has 28 heavy (non-hydrogen) atoms. The number of thioether (sulfide) groups is 1. The summed E-state index contributed by atoms with van der Waals surface area (Å²) in [6, 6.07) is 9.71. The van der Waals surface area contributed by atoms with Crippen LogP contribution in [0.2, 0.25) is 0 Å². The van der Waals surface area contributed by atoms with Gasteiger partial charge in [0.15, 0.2) is 10.6 Å². The zero-order valence-electron chi connectivity index (χ0n) is 15.3. The molecule has 0 aliphatic carbocycles. The van der Waals surface area contributed by atoms with Crippen LogP contribution < -0.4 is 5.56 Å². The Kier molecular flexibility index (Phi) is 4.13. The number of nitrogens with zero attached hydrogens (tertiary/aromatic N) is 6. The number of hydrogen-bond acceptors (Lipinski definition) is 7. The first-order valence-corrected chi connectivity index (χ1v) is 10.7. The molecule has 5 aromatic rings. The summed E-state index contributed by atoms with van der Waals surface area (Å²) in [7, 11) is 0. The number of aromatic nitrogens is 6. The second-order valence-corrected chi connectivity index (χ2v) is 8.18. The monoisotopic (exact) mass is 408 g/mol. The third-order valence-corrected chi connectivity index (χ3v) is 6.46. The fraction of sp³-hybridized carbons (Fsp3) is 0.211. The van der Waals surface area contributed by atoms with E-state index >= 15 is 0 Å². The third kappa shape index (κ3) is 2.70. The van der Waals surface area contributed by atoms with Crippen LogP contribution in [-0.2, 0) is 12.3 Å². The van der Waals surface area contributed by atoms with Crippen molar-refractivity contribution in [3.8, 4) is 0 Å². The fourth-order valence-electron chi connectivity index (χ4n) is 3.38. The van der Waals surface area contributed by atoms with E-state index in [2.05, 4.69) is 32.7 Å². The van der Waals surface area contributed by atoms with E-state index in [1.165, 1.54) is 23.1 Å². The van der Waals surface area contributed by atoms with E-state index in [-0.39, 0.29) is 5.56 Å². The van der Waals surface area contributed by atoms with Gasteiger partial charge in [-0.25, -0.2) is 9.97 Å². The molecule has 0 radical (unpaired) electrons. The number of aryl methyl sites for hydroxylation is 2. The van der Waals surface area contributed by atoms with Crippen molar-refractivity contribution in [3.63, 3.8) is 0 Å². The highest BCUT2D eigenvalue weighted by molar-refractivity contribution is 7.98. The molecule has 5 rings (SSSR count). The minimum atomic E-state index is -0.0556. The maximum absolute atomic E-state index is 12.3. The Bertz CT molecular complexity index is 1400. The first-order valence-electron chi connectivity index (χ1n) is 8.87. The average molecular weight is 409 g/mol. The highest BCUT2D eigenvalue weighted by atomic mass is 32.2. The lowest BCUT2D eigenvalue weighted by molar-refractivity contribution is 0.789. The van der Waals surface area contributed by atoms with Gasteiger partial charge in [-0.1, -0.05) is 30.0 Å². The maximum Gasteiger partial charge on any atom is 0.258 e. The SMILES string of the molecule is CCn1c2ccccc2c2nnc(SCc3cc(=O)n4c(C)csc4n3)nc21. The Morgan fingerprint density at radius 1 is 1.18 bits per heavy atom. The number of benzene rings is 1. The molecule has 0 atom stereocenters. The second-order valence-electron chi connectivity index (χ2n) is 6.40. The molecule has 0 aliphatic rings. The minimum absolute atomic E-state index is 0.0556. The molecule has 1 aromatic carbocycles. The predicted molar refractivity (Wildman–Crippen MR) is 112 cm³/mol. The molecule has 0 saturated carbocycles. The molecule has 4 aromatic heterocycles. The van der Waals surface area contributed by atoms with Crippen LogP contribution in [0.1, 0.15) is 18.3 Å². The molecule has 0 bridgehead atoms. The molecule has 140 valence electrons. The van der Waals surface area contributed by atoms with Crippen molar-refractivity contribution >= 4 is 50.1 Å². The summed E-state index contributed by atoms with van der Waals surface area (Å²) in [6.07, 6.45) is 0. The summed E-state index contributed by atoms with van der Waals surface area (Å²) in [5, 5.41) is 12.3. The molecular formula is C19H16N6OS2. The Morgan fingerprint density at radius 3 is 2.89 bits per heavy atom. The molecule has 0 fully saturated rings. The van der Waals surface area contributed by atoms with E-state index < -0.39 is 0 Å². The van der Waals surface area contributed by atoms with Gasteiger partial charge in [0, 0.05) is 34.8 Å². The lowest BCUT2D eigenvalue weighted by Gasteiger charge is -2.03. The van der Waals surface area contributed by atoms with Gasteiger partial charge >= 0.3 is 0 Å². The smallest absolute Gasteiger partial charge is 0.258 e. The van der Waals surface area contributed by atoms with Crippen LogP contribution in [0.5, 0.6) is 0 Å². The minimum Gasteiger partial charge on any atom is -0.324 e. The maximum atomic E-state index is 12.3. The highest BCUT2D eigenvalue weighted by Crippen LogP contribution is 2.27. The largest absolute Gasteiger partial charge is 0.324 e. The third-order valence-electron chi connectivity index (χ3n) is 4.65. The van der Waals surface area contributed by atoms with Crippen molar-refractivity contribution in [2.45, 2.75) is 31.3 Å². The zero-order valence-corrected chi connectivity index (χ0v) is 16.9.